The lowest BCUT2D eigenvalue weighted by Crippen LogP contribution is -2.18. The highest BCUT2D eigenvalue weighted by atomic mass is 35.5. The summed E-state index contributed by atoms with van der Waals surface area (Å²) in [4.78, 5) is 12.0. The van der Waals surface area contributed by atoms with E-state index in [-0.39, 0.29) is 18.5 Å². The molecule has 0 spiro atoms. The van der Waals surface area contributed by atoms with Crippen molar-refractivity contribution in [2.45, 2.75) is 25.4 Å². The van der Waals surface area contributed by atoms with Gasteiger partial charge in [-0.05, 0) is 48.6 Å². The molecular formula is C16H18ClN3O. The van der Waals surface area contributed by atoms with Crippen molar-refractivity contribution < 1.29 is 4.79 Å². The Labute approximate surface area is 128 Å². The van der Waals surface area contributed by atoms with E-state index in [1.165, 1.54) is 12.8 Å². The van der Waals surface area contributed by atoms with Crippen molar-refractivity contribution in [3.63, 3.8) is 0 Å². The van der Waals surface area contributed by atoms with Crippen LogP contribution < -0.4 is 11.1 Å². The van der Waals surface area contributed by atoms with Crippen LogP contribution in [0.3, 0.4) is 0 Å². The zero-order chi connectivity index (χ0) is 14.8. The highest BCUT2D eigenvalue weighted by Gasteiger charge is 2.29. The zero-order valence-corrected chi connectivity index (χ0v) is 12.4. The monoisotopic (exact) mass is 303 g/mol. The fraction of sp³-hybridized carbons (Fsp3) is 0.312. The van der Waals surface area contributed by atoms with Crippen molar-refractivity contribution in [1.82, 2.24) is 4.57 Å². The summed E-state index contributed by atoms with van der Waals surface area (Å²) < 4.78 is 1.86. The van der Waals surface area contributed by atoms with Crippen LogP contribution in [0.15, 0.2) is 42.7 Å². The third-order valence-corrected chi connectivity index (χ3v) is 3.96. The number of nitrogens with two attached hydrogens (primary N) is 1. The standard InChI is InChI=1S/C16H18ClN3O/c17-13-2-1-3-14(8-13)19-15(21)10-20-7-6-12(9-20)16(18)11-4-5-11/h1-3,6-9,11,16H,4-5,10,18H2,(H,19,21). The first-order valence-electron chi connectivity index (χ1n) is 7.08. The van der Waals surface area contributed by atoms with E-state index >= 15 is 0 Å². The summed E-state index contributed by atoms with van der Waals surface area (Å²) in [5.41, 5.74) is 7.96. The van der Waals surface area contributed by atoms with E-state index in [4.69, 9.17) is 17.3 Å². The summed E-state index contributed by atoms with van der Waals surface area (Å²) in [6, 6.07) is 9.21. The summed E-state index contributed by atoms with van der Waals surface area (Å²) in [6.45, 7) is 0.268. The molecule has 0 radical (unpaired) electrons. The average molecular weight is 304 g/mol. The van der Waals surface area contributed by atoms with Gasteiger partial charge in [0.15, 0.2) is 0 Å². The molecule has 1 aliphatic carbocycles. The van der Waals surface area contributed by atoms with Gasteiger partial charge >= 0.3 is 0 Å². The molecule has 21 heavy (non-hydrogen) atoms. The number of carbonyl (C=O) groups excluding carboxylic acids is 1. The number of halogens is 1. The van der Waals surface area contributed by atoms with Crippen molar-refractivity contribution in [3.05, 3.63) is 53.3 Å². The first kappa shape index (κ1) is 14.2. The number of anilines is 1. The summed E-state index contributed by atoms with van der Waals surface area (Å²) in [5, 5.41) is 3.43. The number of hydrogen-bond acceptors (Lipinski definition) is 2. The van der Waals surface area contributed by atoms with Crippen LogP contribution >= 0.6 is 11.6 Å². The van der Waals surface area contributed by atoms with Crippen molar-refractivity contribution in [2.75, 3.05) is 5.32 Å². The summed E-state index contributed by atoms with van der Waals surface area (Å²) in [5.74, 6) is 0.528. The first-order chi connectivity index (χ1) is 10.1. The van der Waals surface area contributed by atoms with E-state index in [1.54, 1.807) is 18.2 Å². The maximum atomic E-state index is 12.0. The third kappa shape index (κ3) is 3.65. The van der Waals surface area contributed by atoms with Gasteiger partial charge in [-0.15, -0.1) is 0 Å². The van der Waals surface area contributed by atoms with Gasteiger partial charge in [0, 0.05) is 29.1 Å². The molecule has 110 valence electrons. The Hall–Kier alpha value is -1.78. The smallest absolute Gasteiger partial charge is 0.244 e. The maximum absolute atomic E-state index is 12.0. The van der Waals surface area contributed by atoms with Crippen molar-refractivity contribution in [1.29, 1.82) is 0 Å². The third-order valence-electron chi connectivity index (χ3n) is 3.72. The van der Waals surface area contributed by atoms with Gasteiger partial charge in [-0.3, -0.25) is 4.79 Å². The van der Waals surface area contributed by atoms with Crippen molar-refractivity contribution >= 4 is 23.2 Å². The lowest BCUT2D eigenvalue weighted by Gasteiger charge is -2.08. The predicted octanol–water partition coefficient (Wildman–Crippen LogP) is 3.19. The molecule has 1 fully saturated rings. The number of nitrogens with one attached hydrogen (secondary N) is 1. The molecule has 5 heteroatoms. The van der Waals surface area contributed by atoms with Crippen LogP contribution in [0.1, 0.15) is 24.4 Å². The molecule has 3 N–H and O–H groups in total. The number of hydrogen-bond donors (Lipinski definition) is 2. The Morgan fingerprint density at radius 1 is 1.43 bits per heavy atom. The predicted molar refractivity (Wildman–Crippen MR) is 84.2 cm³/mol. The second kappa shape index (κ2) is 5.92. The van der Waals surface area contributed by atoms with Crippen LogP contribution in [0.4, 0.5) is 5.69 Å². The summed E-state index contributed by atoms with van der Waals surface area (Å²) >= 11 is 5.89. The topological polar surface area (TPSA) is 60.0 Å². The summed E-state index contributed by atoms with van der Waals surface area (Å²) in [6.07, 6.45) is 6.28. The lowest BCUT2D eigenvalue weighted by molar-refractivity contribution is -0.116. The molecule has 1 amide bonds. The van der Waals surface area contributed by atoms with Gasteiger partial charge in [0.25, 0.3) is 0 Å². The Morgan fingerprint density at radius 2 is 2.24 bits per heavy atom. The molecule has 2 aromatic rings. The highest BCUT2D eigenvalue weighted by Crippen LogP contribution is 2.39. The number of nitrogens with zero attached hydrogens (tertiary/aromatic N) is 1. The molecule has 1 heterocycles. The molecule has 0 saturated heterocycles. The first-order valence-corrected chi connectivity index (χ1v) is 7.46. The second-order valence-electron chi connectivity index (χ2n) is 5.54. The summed E-state index contributed by atoms with van der Waals surface area (Å²) in [7, 11) is 0. The fourth-order valence-electron chi connectivity index (χ4n) is 2.41. The van der Waals surface area contributed by atoms with Crippen LogP contribution in [0.25, 0.3) is 0 Å². The van der Waals surface area contributed by atoms with Crippen LogP contribution in [0.5, 0.6) is 0 Å². The number of carbonyl (C=O) groups is 1. The molecule has 3 rings (SSSR count). The van der Waals surface area contributed by atoms with Gasteiger partial charge < -0.3 is 15.6 Å². The van der Waals surface area contributed by atoms with Gasteiger partial charge in [0.1, 0.15) is 6.54 Å². The Morgan fingerprint density at radius 3 is 2.95 bits per heavy atom. The molecular weight excluding hydrogens is 286 g/mol. The SMILES string of the molecule is NC(c1ccn(CC(=O)Nc2cccc(Cl)c2)c1)C1CC1. The molecule has 0 aliphatic heterocycles. The molecule has 4 nitrogen and oxygen atoms in total. The Kier molecular flexibility index (Phi) is 3.99. The van der Waals surface area contributed by atoms with Gasteiger partial charge in [-0.2, -0.15) is 0 Å². The highest BCUT2D eigenvalue weighted by molar-refractivity contribution is 6.30. The minimum atomic E-state index is -0.0839. The van der Waals surface area contributed by atoms with E-state index in [0.717, 1.165) is 5.56 Å². The quantitative estimate of drug-likeness (QED) is 0.891. The molecule has 1 aromatic carbocycles. The Bertz CT molecular complexity index is 648. The number of rotatable bonds is 5. The number of benzene rings is 1. The van der Waals surface area contributed by atoms with Gasteiger partial charge in [-0.25, -0.2) is 0 Å². The maximum Gasteiger partial charge on any atom is 0.244 e. The molecule has 1 saturated carbocycles. The van der Waals surface area contributed by atoms with Gasteiger partial charge in [0.2, 0.25) is 5.91 Å². The number of amides is 1. The largest absolute Gasteiger partial charge is 0.345 e. The second-order valence-corrected chi connectivity index (χ2v) is 5.98. The molecule has 1 atom stereocenters. The van der Waals surface area contributed by atoms with Crippen molar-refractivity contribution in [3.8, 4) is 0 Å². The minimum absolute atomic E-state index is 0.0839. The molecule has 0 bridgehead atoms. The molecule has 1 aliphatic rings. The van der Waals surface area contributed by atoms with Crippen LogP contribution in [-0.4, -0.2) is 10.5 Å². The van der Waals surface area contributed by atoms with E-state index < -0.39 is 0 Å². The van der Waals surface area contributed by atoms with Crippen LogP contribution in [-0.2, 0) is 11.3 Å². The number of aromatic nitrogens is 1. The molecule has 1 unspecified atom stereocenters. The Balaban J connectivity index is 1.59. The normalized spacial score (nSPS) is 15.7. The van der Waals surface area contributed by atoms with Crippen molar-refractivity contribution in [2.24, 2.45) is 11.7 Å². The zero-order valence-electron chi connectivity index (χ0n) is 11.6. The van der Waals surface area contributed by atoms with Gasteiger partial charge in [0.05, 0.1) is 0 Å². The van der Waals surface area contributed by atoms with E-state index in [1.807, 2.05) is 29.1 Å². The average Bonchev–Trinajstić information content (AvgIpc) is 3.18. The lowest BCUT2D eigenvalue weighted by atomic mass is 10.1. The fourth-order valence-corrected chi connectivity index (χ4v) is 2.61. The van der Waals surface area contributed by atoms with Gasteiger partial charge in [-0.1, -0.05) is 17.7 Å². The van der Waals surface area contributed by atoms with E-state index in [2.05, 4.69) is 5.32 Å². The van der Waals surface area contributed by atoms with Crippen LogP contribution in [0.2, 0.25) is 5.02 Å². The van der Waals surface area contributed by atoms with E-state index in [0.29, 0.717) is 16.6 Å². The molecule has 1 aromatic heterocycles. The minimum Gasteiger partial charge on any atom is -0.345 e. The van der Waals surface area contributed by atoms with Crippen LogP contribution in [0, 0.1) is 5.92 Å². The van der Waals surface area contributed by atoms with E-state index in [9.17, 15) is 4.79 Å².